The van der Waals surface area contributed by atoms with Crippen molar-refractivity contribution in [2.45, 2.75) is 39.5 Å². The van der Waals surface area contributed by atoms with Crippen LogP contribution >= 0.6 is 11.6 Å². The predicted molar refractivity (Wildman–Crippen MR) is 118 cm³/mol. The molecule has 1 fully saturated rings. The molecule has 3 rings (SSSR count). The van der Waals surface area contributed by atoms with Crippen LogP contribution in [-0.2, 0) is 6.42 Å². The Bertz CT molecular complexity index is 826. The lowest BCUT2D eigenvalue weighted by Gasteiger charge is -2.38. The third kappa shape index (κ3) is 5.63. The first-order chi connectivity index (χ1) is 14.0. The lowest BCUT2D eigenvalue weighted by atomic mass is 10.1. The van der Waals surface area contributed by atoms with Gasteiger partial charge in [-0.3, -0.25) is 4.99 Å². The molecule has 0 atom stereocenters. The number of anilines is 1. The van der Waals surface area contributed by atoms with Gasteiger partial charge < -0.3 is 19.6 Å². The van der Waals surface area contributed by atoms with Crippen LogP contribution in [-0.4, -0.2) is 60.8 Å². The molecule has 0 aliphatic carbocycles. The average molecular weight is 419 g/mol. The normalized spacial score (nSPS) is 15.3. The SMILES string of the molecule is CN=C(NCCCc1nc(C(C)C)no1)N1CCN(c2cc(Cl)ccc2C)CC1. The summed E-state index contributed by atoms with van der Waals surface area (Å²) in [6.45, 7) is 10.8. The van der Waals surface area contributed by atoms with Gasteiger partial charge >= 0.3 is 0 Å². The van der Waals surface area contributed by atoms with Crippen molar-refractivity contribution >= 4 is 23.2 Å². The van der Waals surface area contributed by atoms with Crippen LogP contribution in [0.3, 0.4) is 0 Å². The van der Waals surface area contributed by atoms with Crippen LogP contribution in [0.1, 0.15) is 43.5 Å². The van der Waals surface area contributed by atoms with E-state index in [9.17, 15) is 0 Å². The first-order valence-electron chi connectivity index (χ1n) is 10.3. The molecule has 1 aliphatic heterocycles. The van der Waals surface area contributed by atoms with E-state index in [2.05, 4.69) is 63.2 Å². The molecule has 2 heterocycles. The number of aryl methyl sites for hydroxylation is 2. The number of guanidine groups is 1. The Labute approximate surface area is 178 Å². The van der Waals surface area contributed by atoms with Crippen molar-refractivity contribution in [1.29, 1.82) is 0 Å². The van der Waals surface area contributed by atoms with Crippen LogP contribution in [0, 0.1) is 6.92 Å². The number of aliphatic imine (C=N–C) groups is 1. The Kier molecular flexibility index (Phi) is 7.36. The van der Waals surface area contributed by atoms with E-state index >= 15 is 0 Å². The zero-order valence-corrected chi connectivity index (χ0v) is 18.5. The Morgan fingerprint density at radius 1 is 1.28 bits per heavy atom. The number of hydrogen-bond donors (Lipinski definition) is 1. The zero-order chi connectivity index (χ0) is 20.8. The van der Waals surface area contributed by atoms with Gasteiger partial charge in [-0.15, -0.1) is 0 Å². The van der Waals surface area contributed by atoms with Crippen LogP contribution < -0.4 is 10.2 Å². The fourth-order valence-corrected chi connectivity index (χ4v) is 3.62. The fraction of sp³-hybridized carbons (Fsp3) is 0.571. The van der Waals surface area contributed by atoms with E-state index < -0.39 is 0 Å². The molecule has 7 nitrogen and oxygen atoms in total. The number of halogens is 1. The van der Waals surface area contributed by atoms with Gasteiger partial charge in [0.25, 0.3) is 0 Å². The molecule has 0 unspecified atom stereocenters. The van der Waals surface area contributed by atoms with Crippen molar-refractivity contribution in [3.05, 3.63) is 40.5 Å². The molecule has 1 aromatic carbocycles. The monoisotopic (exact) mass is 418 g/mol. The van der Waals surface area contributed by atoms with E-state index in [0.717, 1.165) is 62.4 Å². The molecule has 0 saturated carbocycles. The van der Waals surface area contributed by atoms with Gasteiger partial charge in [-0.1, -0.05) is 36.7 Å². The highest BCUT2D eigenvalue weighted by Crippen LogP contribution is 2.25. The molecule has 0 spiro atoms. The molecule has 0 radical (unpaired) electrons. The summed E-state index contributed by atoms with van der Waals surface area (Å²) < 4.78 is 5.30. The van der Waals surface area contributed by atoms with Crippen LogP contribution in [0.15, 0.2) is 27.7 Å². The van der Waals surface area contributed by atoms with E-state index in [1.54, 1.807) is 0 Å². The number of piperazine rings is 1. The van der Waals surface area contributed by atoms with Gasteiger partial charge in [0.15, 0.2) is 11.8 Å². The lowest BCUT2D eigenvalue weighted by Crippen LogP contribution is -2.52. The summed E-state index contributed by atoms with van der Waals surface area (Å²) in [4.78, 5) is 13.6. The minimum absolute atomic E-state index is 0.291. The summed E-state index contributed by atoms with van der Waals surface area (Å²) in [6, 6.07) is 6.08. The van der Waals surface area contributed by atoms with Crippen molar-refractivity contribution in [2.75, 3.05) is 44.7 Å². The van der Waals surface area contributed by atoms with Gasteiger partial charge in [0, 0.05) is 62.8 Å². The van der Waals surface area contributed by atoms with Crippen molar-refractivity contribution in [1.82, 2.24) is 20.4 Å². The number of nitrogens with zero attached hydrogens (tertiary/aromatic N) is 5. The minimum atomic E-state index is 0.291. The van der Waals surface area contributed by atoms with E-state index in [-0.39, 0.29) is 0 Å². The van der Waals surface area contributed by atoms with Gasteiger partial charge in [0.05, 0.1) is 0 Å². The number of hydrogen-bond acceptors (Lipinski definition) is 5. The highest BCUT2D eigenvalue weighted by Gasteiger charge is 2.21. The molecular formula is C21H31ClN6O. The van der Waals surface area contributed by atoms with Gasteiger partial charge in [-0.25, -0.2) is 0 Å². The first-order valence-corrected chi connectivity index (χ1v) is 10.6. The molecule has 1 aromatic heterocycles. The third-order valence-corrected chi connectivity index (χ3v) is 5.39. The van der Waals surface area contributed by atoms with Gasteiger partial charge in [0.1, 0.15) is 0 Å². The standard InChI is InChI=1S/C21H31ClN6O/c1-15(2)20-25-19(29-26-20)6-5-9-24-21(23-4)28-12-10-27(11-13-28)18-14-17(22)8-7-16(18)3/h7-8,14-15H,5-6,9-13H2,1-4H3,(H,23,24). The van der Waals surface area contributed by atoms with Gasteiger partial charge in [-0.2, -0.15) is 4.98 Å². The molecule has 0 bridgehead atoms. The number of rotatable bonds is 6. The van der Waals surface area contributed by atoms with Gasteiger partial charge in [0.2, 0.25) is 5.89 Å². The Morgan fingerprint density at radius 3 is 2.69 bits per heavy atom. The highest BCUT2D eigenvalue weighted by molar-refractivity contribution is 6.30. The maximum absolute atomic E-state index is 6.19. The average Bonchev–Trinajstić information content (AvgIpc) is 3.19. The summed E-state index contributed by atoms with van der Waals surface area (Å²) in [5.41, 5.74) is 2.48. The second-order valence-corrected chi connectivity index (χ2v) is 8.12. The number of nitrogens with one attached hydrogen (secondary N) is 1. The quantitative estimate of drug-likeness (QED) is 0.440. The summed E-state index contributed by atoms with van der Waals surface area (Å²) in [5, 5.41) is 8.26. The topological polar surface area (TPSA) is 69.8 Å². The summed E-state index contributed by atoms with van der Waals surface area (Å²) >= 11 is 6.19. The smallest absolute Gasteiger partial charge is 0.226 e. The summed E-state index contributed by atoms with van der Waals surface area (Å²) in [6.07, 6.45) is 1.69. The Morgan fingerprint density at radius 2 is 2.03 bits per heavy atom. The lowest BCUT2D eigenvalue weighted by molar-refractivity contribution is 0.363. The minimum Gasteiger partial charge on any atom is -0.368 e. The second-order valence-electron chi connectivity index (χ2n) is 7.68. The number of aromatic nitrogens is 2. The summed E-state index contributed by atoms with van der Waals surface area (Å²) in [7, 11) is 1.84. The molecular weight excluding hydrogens is 388 g/mol. The molecule has 2 aromatic rings. The highest BCUT2D eigenvalue weighted by atomic mass is 35.5. The maximum Gasteiger partial charge on any atom is 0.226 e. The fourth-order valence-electron chi connectivity index (χ4n) is 3.46. The molecule has 158 valence electrons. The summed E-state index contributed by atoms with van der Waals surface area (Å²) in [5.74, 6) is 2.72. The van der Waals surface area contributed by atoms with Crippen molar-refractivity contribution < 1.29 is 4.52 Å². The van der Waals surface area contributed by atoms with Crippen LogP contribution in [0.5, 0.6) is 0 Å². The van der Waals surface area contributed by atoms with Crippen molar-refractivity contribution in [3.63, 3.8) is 0 Å². The molecule has 0 amide bonds. The van der Waals surface area contributed by atoms with E-state index in [0.29, 0.717) is 11.8 Å². The van der Waals surface area contributed by atoms with E-state index in [1.165, 1.54) is 11.3 Å². The molecule has 1 saturated heterocycles. The van der Waals surface area contributed by atoms with E-state index in [1.807, 2.05) is 13.1 Å². The van der Waals surface area contributed by atoms with E-state index in [4.69, 9.17) is 16.1 Å². The molecule has 1 aliphatic rings. The number of benzene rings is 1. The molecule has 1 N–H and O–H groups in total. The predicted octanol–water partition coefficient (Wildman–Crippen LogP) is 3.49. The first kappa shape index (κ1) is 21.4. The van der Waals surface area contributed by atoms with Crippen LogP contribution in [0.25, 0.3) is 0 Å². The van der Waals surface area contributed by atoms with Gasteiger partial charge in [-0.05, 0) is 31.0 Å². The largest absolute Gasteiger partial charge is 0.368 e. The van der Waals surface area contributed by atoms with Crippen molar-refractivity contribution in [3.8, 4) is 0 Å². The maximum atomic E-state index is 6.19. The molecule has 29 heavy (non-hydrogen) atoms. The second kappa shape index (κ2) is 9.96. The Hall–Kier alpha value is -2.28. The van der Waals surface area contributed by atoms with Crippen molar-refractivity contribution in [2.24, 2.45) is 4.99 Å². The van der Waals surface area contributed by atoms with Crippen LogP contribution in [0.2, 0.25) is 5.02 Å². The zero-order valence-electron chi connectivity index (χ0n) is 17.8. The van der Waals surface area contributed by atoms with Crippen LogP contribution in [0.4, 0.5) is 5.69 Å². The Balaban J connectivity index is 1.44. The molecule has 8 heteroatoms. The third-order valence-electron chi connectivity index (χ3n) is 5.15.